The van der Waals surface area contributed by atoms with Gasteiger partial charge in [0.2, 0.25) is 0 Å². The molecule has 1 aromatic heterocycles. The number of benzene rings is 2. The molecule has 14 nitrogen and oxygen atoms in total. The van der Waals surface area contributed by atoms with E-state index in [-0.39, 0.29) is 11.5 Å². The third-order valence-corrected chi connectivity index (χ3v) is 7.31. The molecule has 2 aromatic carbocycles. The first-order valence-corrected chi connectivity index (χ1v) is 12.3. The van der Waals surface area contributed by atoms with E-state index in [4.69, 9.17) is 13.9 Å². The van der Waals surface area contributed by atoms with Gasteiger partial charge in [-0.3, -0.25) is 4.79 Å². The van der Waals surface area contributed by atoms with E-state index < -0.39 is 107 Å². The van der Waals surface area contributed by atoms with Gasteiger partial charge >= 0.3 is 0 Å². The van der Waals surface area contributed by atoms with Crippen LogP contribution in [0.1, 0.15) is 23.3 Å². The highest BCUT2D eigenvalue weighted by Gasteiger charge is 2.48. The van der Waals surface area contributed by atoms with Gasteiger partial charge in [-0.2, -0.15) is 0 Å². The van der Waals surface area contributed by atoms with Gasteiger partial charge < -0.3 is 65.0 Å². The zero-order valence-electron chi connectivity index (χ0n) is 20.6. The average Bonchev–Trinajstić information content (AvgIpc) is 2.92. The van der Waals surface area contributed by atoms with Crippen molar-refractivity contribution in [3.05, 3.63) is 51.7 Å². The van der Waals surface area contributed by atoms with Gasteiger partial charge in [0.25, 0.3) is 0 Å². The van der Waals surface area contributed by atoms with Crippen molar-refractivity contribution in [1.82, 2.24) is 0 Å². The summed E-state index contributed by atoms with van der Waals surface area (Å²) < 4.78 is 16.9. The van der Waals surface area contributed by atoms with Crippen molar-refractivity contribution in [3.63, 3.8) is 0 Å². The SMILES string of the molecule is O=c1cc(-c2ccc(O)cc2)oc2c([C@@H]3OC[C@@H](O)[C@H](O)C3O)c(O)c([C@@H]3OC(CO)[C@H](O)[C@H](O)C3O)c(O)c12. The number of hydrogen-bond donors (Lipinski definition) is 10. The Morgan fingerprint density at radius 2 is 1.43 bits per heavy atom. The second kappa shape index (κ2) is 10.6. The molecule has 2 fully saturated rings. The second-order valence-electron chi connectivity index (χ2n) is 9.80. The molecule has 3 unspecified atom stereocenters. The Bertz CT molecular complexity index is 1450. The van der Waals surface area contributed by atoms with Crippen LogP contribution in [0.4, 0.5) is 0 Å². The molecule has 9 atom stereocenters. The number of aromatic hydroxyl groups is 3. The number of hydrogen-bond acceptors (Lipinski definition) is 14. The summed E-state index contributed by atoms with van der Waals surface area (Å²) in [5.41, 5.74) is -2.15. The van der Waals surface area contributed by atoms with E-state index in [9.17, 15) is 55.9 Å². The molecule has 2 aliphatic rings. The molecule has 216 valence electrons. The van der Waals surface area contributed by atoms with Crippen LogP contribution in [-0.4, -0.2) is 107 Å². The summed E-state index contributed by atoms with van der Waals surface area (Å²) in [6.07, 6.45) is -15.7. The minimum absolute atomic E-state index is 0.0710. The maximum atomic E-state index is 13.4. The Labute approximate surface area is 224 Å². The predicted octanol–water partition coefficient (Wildman–Crippen LogP) is -1.75. The highest BCUT2D eigenvalue weighted by molar-refractivity contribution is 5.92. The van der Waals surface area contributed by atoms with Gasteiger partial charge in [0.05, 0.1) is 24.3 Å². The van der Waals surface area contributed by atoms with E-state index in [2.05, 4.69) is 0 Å². The molecule has 10 N–H and O–H groups in total. The largest absolute Gasteiger partial charge is 0.508 e. The van der Waals surface area contributed by atoms with Crippen molar-refractivity contribution in [2.75, 3.05) is 13.2 Å². The van der Waals surface area contributed by atoms with Crippen LogP contribution in [0.15, 0.2) is 39.5 Å². The Balaban J connectivity index is 1.80. The van der Waals surface area contributed by atoms with E-state index in [1.165, 1.54) is 24.3 Å². The lowest BCUT2D eigenvalue weighted by Crippen LogP contribution is -2.55. The van der Waals surface area contributed by atoms with Crippen LogP contribution >= 0.6 is 0 Å². The van der Waals surface area contributed by atoms with Gasteiger partial charge in [-0.1, -0.05) is 0 Å². The maximum Gasteiger partial charge on any atom is 0.197 e. The lowest BCUT2D eigenvalue weighted by Gasteiger charge is -2.41. The third-order valence-electron chi connectivity index (χ3n) is 7.31. The van der Waals surface area contributed by atoms with E-state index in [0.29, 0.717) is 5.56 Å². The Morgan fingerprint density at radius 3 is 2.08 bits per heavy atom. The standard InChI is InChI=1S/C26H28O14/c27-6-13-18(32)21(35)23(37)26(40-13)15-19(33)14-10(29)5-12(8-1-3-9(28)4-2-8)39-24(14)16(20(15)34)25-22(36)17(31)11(30)7-38-25/h1-5,11,13,17-18,21-23,25-28,30-37H,6-7H2/t11-,13?,17+,18+,21+,22?,23?,25+,26+/m1/s1. The van der Waals surface area contributed by atoms with Gasteiger partial charge in [-0.15, -0.1) is 0 Å². The molecule has 2 saturated heterocycles. The molecule has 3 heterocycles. The van der Waals surface area contributed by atoms with Crippen LogP contribution in [0, 0.1) is 0 Å². The number of phenolic OH excluding ortho intramolecular Hbond substituents is 3. The van der Waals surface area contributed by atoms with E-state index in [1.54, 1.807) is 0 Å². The fraction of sp³-hybridized carbons (Fsp3) is 0.423. The van der Waals surface area contributed by atoms with Crippen LogP contribution in [0.2, 0.25) is 0 Å². The highest BCUT2D eigenvalue weighted by atomic mass is 16.5. The van der Waals surface area contributed by atoms with Crippen LogP contribution in [0.3, 0.4) is 0 Å². The first-order valence-electron chi connectivity index (χ1n) is 12.3. The summed E-state index contributed by atoms with van der Waals surface area (Å²) in [5, 5.41) is 104. The molecule has 5 rings (SSSR count). The molecule has 0 amide bonds. The second-order valence-corrected chi connectivity index (χ2v) is 9.80. The van der Waals surface area contributed by atoms with Crippen molar-refractivity contribution in [1.29, 1.82) is 0 Å². The van der Waals surface area contributed by atoms with E-state index >= 15 is 0 Å². The molecular formula is C26H28O14. The Hall–Kier alpha value is -3.31. The normalized spacial score (nSPS) is 32.8. The monoisotopic (exact) mass is 564 g/mol. The minimum Gasteiger partial charge on any atom is -0.508 e. The van der Waals surface area contributed by atoms with Crippen molar-refractivity contribution >= 4 is 11.0 Å². The molecule has 0 bridgehead atoms. The van der Waals surface area contributed by atoms with Crippen molar-refractivity contribution in [2.45, 2.75) is 54.9 Å². The van der Waals surface area contributed by atoms with Crippen molar-refractivity contribution in [2.24, 2.45) is 0 Å². The number of ether oxygens (including phenoxy) is 2. The van der Waals surface area contributed by atoms with Gasteiger partial charge in [0.1, 0.15) is 83.3 Å². The topological polar surface area (TPSA) is 251 Å². The molecule has 0 spiro atoms. The van der Waals surface area contributed by atoms with Crippen LogP contribution in [0.5, 0.6) is 17.2 Å². The third kappa shape index (κ3) is 4.49. The van der Waals surface area contributed by atoms with E-state index in [1.807, 2.05) is 0 Å². The van der Waals surface area contributed by atoms with Crippen LogP contribution in [-0.2, 0) is 9.47 Å². The summed E-state index contributed by atoms with van der Waals surface area (Å²) in [6.45, 7) is -1.34. The summed E-state index contributed by atoms with van der Waals surface area (Å²) in [4.78, 5) is 13.4. The number of aliphatic hydroxyl groups excluding tert-OH is 7. The van der Waals surface area contributed by atoms with Crippen molar-refractivity contribution in [3.8, 4) is 28.6 Å². The number of fused-ring (bicyclic) bond motifs is 1. The Morgan fingerprint density at radius 1 is 0.775 bits per heavy atom. The van der Waals surface area contributed by atoms with Gasteiger partial charge in [-0.05, 0) is 24.3 Å². The summed E-state index contributed by atoms with van der Waals surface area (Å²) >= 11 is 0. The van der Waals surface area contributed by atoms with Crippen LogP contribution in [0.25, 0.3) is 22.3 Å². The quantitative estimate of drug-likeness (QED) is 0.169. The molecule has 2 aliphatic heterocycles. The highest BCUT2D eigenvalue weighted by Crippen LogP contribution is 2.50. The zero-order chi connectivity index (χ0) is 29.0. The Kier molecular flexibility index (Phi) is 7.47. The molecular weight excluding hydrogens is 536 g/mol. The smallest absolute Gasteiger partial charge is 0.197 e. The zero-order valence-corrected chi connectivity index (χ0v) is 20.6. The van der Waals surface area contributed by atoms with Crippen LogP contribution < -0.4 is 5.43 Å². The van der Waals surface area contributed by atoms with Gasteiger partial charge in [0.15, 0.2) is 11.0 Å². The minimum atomic E-state index is -1.98. The number of rotatable bonds is 4. The molecule has 40 heavy (non-hydrogen) atoms. The number of phenols is 3. The van der Waals surface area contributed by atoms with Gasteiger partial charge in [-0.25, -0.2) is 0 Å². The summed E-state index contributed by atoms with van der Waals surface area (Å²) in [6, 6.07) is 6.50. The summed E-state index contributed by atoms with van der Waals surface area (Å²) in [7, 11) is 0. The van der Waals surface area contributed by atoms with Gasteiger partial charge in [0, 0.05) is 11.6 Å². The number of aliphatic hydroxyl groups is 7. The first kappa shape index (κ1) is 28.2. The molecule has 14 heteroatoms. The lowest BCUT2D eigenvalue weighted by molar-refractivity contribution is -0.232. The fourth-order valence-corrected chi connectivity index (χ4v) is 5.11. The van der Waals surface area contributed by atoms with E-state index in [0.717, 1.165) is 6.07 Å². The predicted molar refractivity (Wildman–Crippen MR) is 132 cm³/mol. The lowest BCUT2D eigenvalue weighted by atomic mass is 9.85. The maximum absolute atomic E-state index is 13.4. The molecule has 0 saturated carbocycles. The molecule has 3 aromatic rings. The first-order chi connectivity index (χ1) is 19.0. The average molecular weight is 564 g/mol. The molecule has 0 radical (unpaired) electrons. The summed E-state index contributed by atoms with van der Waals surface area (Å²) in [5.74, 6) is -2.01. The fourth-order valence-electron chi connectivity index (χ4n) is 5.11. The molecule has 0 aliphatic carbocycles. The van der Waals surface area contributed by atoms with Crippen molar-refractivity contribution < 1.29 is 65.0 Å².